The van der Waals surface area contributed by atoms with Crippen molar-refractivity contribution in [2.45, 2.75) is 19.8 Å². The number of anilines is 1. The van der Waals surface area contributed by atoms with Gasteiger partial charge in [0.15, 0.2) is 23.1 Å². The number of allylic oxidation sites excluding steroid dienone is 1. The molecule has 2 heterocycles. The maximum atomic E-state index is 13.6. The molecule has 5 nitrogen and oxygen atoms in total. The van der Waals surface area contributed by atoms with Crippen molar-refractivity contribution in [2.24, 2.45) is 0 Å². The molecule has 1 aromatic carbocycles. The summed E-state index contributed by atoms with van der Waals surface area (Å²) in [6.45, 7) is 4.50. The molecule has 4 rings (SSSR count). The zero-order valence-electron chi connectivity index (χ0n) is 13.8. The predicted molar refractivity (Wildman–Crippen MR) is 90.8 cm³/mol. The van der Waals surface area contributed by atoms with Crippen LogP contribution in [0.15, 0.2) is 30.5 Å². The first-order chi connectivity index (χ1) is 12.0. The van der Waals surface area contributed by atoms with Gasteiger partial charge in [0.2, 0.25) is 0 Å². The lowest BCUT2D eigenvalue weighted by Gasteiger charge is -2.09. The highest BCUT2D eigenvalue weighted by Gasteiger charge is 2.27. The number of fused-ring (bicyclic) bond motifs is 3. The third-order valence-corrected chi connectivity index (χ3v) is 4.31. The topological polar surface area (TPSA) is 65.4 Å². The Labute approximate surface area is 142 Å². The third-order valence-electron chi connectivity index (χ3n) is 4.31. The number of halogens is 2. The number of hydrogen-bond donors (Lipinski definition) is 1. The molecule has 0 amide bonds. The van der Waals surface area contributed by atoms with E-state index in [-0.39, 0.29) is 11.7 Å². The minimum atomic E-state index is -0.939. The molecule has 1 aliphatic carbocycles. The Morgan fingerprint density at radius 1 is 1.28 bits per heavy atom. The summed E-state index contributed by atoms with van der Waals surface area (Å²) in [5.74, 6) is -0.802. The standard InChI is InChI=1S/C18H16F2N4O/c1-3-25-14-6-9(2)16-11(14)8-22-18-15(17(21)23-24(16)18)10-4-5-12(19)13(20)7-10/h4-9H,3H2,1-2H3,(H2,21,23). The fraction of sp³-hybridized carbons (Fsp3) is 0.222. The number of ether oxygens (including phenoxy) is 1. The summed E-state index contributed by atoms with van der Waals surface area (Å²) in [5, 5.41) is 4.39. The van der Waals surface area contributed by atoms with Gasteiger partial charge in [0, 0.05) is 12.1 Å². The Kier molecular flexibility index (Phi) is 3.45. The van der Waals surface area contributed by atoms with Crippen molar-refractivity contribution < 1.29 is 13.5 Å². The fourth-order valence-corrected chi connectivity index (χ4v) is 3.25. The van der Waals surface area contributed by atoms with E-state index in [4.69, 9.17) is 10.5 Å². The lowest BCUT2D eigenvalue weighted by atomic mass is 10.1. The third kappa shape index (κ3) is 2.26. The van der Waals surface area contributed by atoms with Crippen molar-refractivity contribution in [3.8, 4) is 11.1 Å². The molecule has 0 radical (unpaired) electrons. The van der Waals surface area contributed by atoms with Gasteiger partial charge in [-0.05, 0) is 30.7 Å². The zero-order chi connectivity index (χ0) is 17.7. The molecule has 128 valence electrons. The Bertz CT molecular complexity index is 1030. The molecule has 2 aromatic heterocycles. The highest BCUT2D eigenvalue weighted by Crippen LogP contribution is 2.39. The molecule has 1 atom stereocenters. The monoisotopic (exact) mass is 342 g/mol. The lowest BCUT2D eigenvalue weighted by Crippen LogP contribution is -2.04. The van der Waals surface area contributed by atoms with Crippen LogP contribution in [0.25, 0.3) is 22.5 Å². The number of nitrogens with zero attached hydrogens (tertiary/aromatic N) is 3. The molecular weight excluding hydrogens is 326 g/mol. The first-order valence-corrected chi connectivity index (χ1v) is 7.98. The summed E-state index contributed by atoms with van der Waals surface area (Å²) in [6.07, 6.45) is 3.71. The molecule has 1 unspecified atom stereocenters. The van der Waals surface area contributed by atoms with Gasteiger partial charge in [-0.25, -0.2) is 18.3 Å². The molecule has 25 heavy (non-hydrogen) atoms. The van der Waals surface area contributed by atoms with Gasteiger partial charge in [-0.3, -0.25) is 0 Å². The molecule has 3 aromatic rings. The smallest absolute Gasteiger partial charge is 0.165 e. The van der Waals surface area contributed by atoms with Gasteiger partial charge >= 0.3 is 0 Å². The first-order valence-electron chi connectivity index (χ1n) is 7.98. The second-order valence-electron chi connectivity index (χ2n) is 5.93. The zero-order valence-corrected chi connectivity index (χ0v) is 13.8. The van der Waals surface area contributed by atoms with Crippen molar-refractivity contribution in [2.75, 3.05) is 12.3 Å². The van der Waals surface area contributed by atoms with E-state index in [9.17, 15) is 8.78 Å². The number of nitrogens with two attached hydrogens (primary N) is 1. The van der Waals surface area contributed by atoms with E-state index in [1.165, 1.54) is 6.07 Å². The van der Waals surface area contributed by atoms with Gasteiger partial charge in [0.25, 0.3) is 0 Å². The summed E-state index contributed by atoms with van der Waals surface area (Å²) in [6, 6.07) is 3.64. The Balaban J connectivity index is 1.94. The molecule has 0 spiro atoms. The van der Waals surface area contributed by atoms with Crippen LogP contribution in [0, 0.1) is 11.6 Å². The van der Waals surface area contributed by atoms with E-state index < -0.39 is 11.6 Å². The van der Waals surface area contributed by atoms with Crippen molar-refractivity contribution >= 4 is 17.2 Å². The summed E-state index contributed by atoms with van der Waals surface area (Å²) in [7, 11) is 0. The van der Waals surface area contributed by atoms with Gasteiger partial charge < -0.3 is 10.5 Å². The van der Waals surface area contributed by atoms with Crippen LogP contribution in [0.5, 0.6) is 0 Å². The van der Waals surface area contributed by atoms with Crippen LogP contribution in [-0.2, 0) is 4.74 Å². The van der Waals surface area contributed by atoms with Gasteiger partial charge in [-0.2, -0.15) is 0 Å². The number of hydrogen-bond acceptors (Lipinski definition) is 4. The maximum Gasteiger partial charge on any atom is 0.165 e. The highest BCUT2D eigenvalue weighted by molar-refractivity contribution is 5.87. The average molecular weight is 342 g/mol. The van der Waals surface area contributed by atoms with E-state index in [2.05, 4.69) is 10.1 Å². The molecule has 1 aliphatic rings. The van der Waals surface area contributed by atoms with Gasteiger partial charge in [-0.15, -0.1) is 5.10 Å². The number of benzene rings is 1. The Hall–Kier alpha value is -2.96. The molecule has 0 aliphatic heterocycles. The number of rotatable bonds is 3. The van der Waals surface area contributed by atoms with E-state index in [0.717, 1.165) is 29.1 Å². The number of nitrogen functional groups attached to an aromatic ring is 1. The molecule has 0 saturated heterocycles. The minimum Gasteiger partial charge on any atom is -0.493 e. The molecule has 7 heteroatoms. The van der Waals surface area contributed by atoms with Crippen LogP contribution in [-0.4, -0.2) is 21.2 Å². The fourth-order valence-electron chi connectivity index (χ4n) is 3.25. The van der Waals surface area contributed by atoms with Crippen LogP contribution in [0.1, 0.15) is 31.0 Å². The van der Waals surface area contributed by atoms with Crippen LogP contribution in [0.4, 0.5) is 14.6 Å². The number of aromatic nitrogens is 3. The maximum absolute atomic E-state index is 13.6. The highest BCUT2D eigenvalue weighted by atomic mass is 19.2. The van der Waals surface area contributed by atoms with Gasteiger partial charge in [-0.1, -0.05) is 13.0 Å². The van der Waals surface area contributed by atoms with Crippen molar-refractivity contribution in [1.82, 2.24) is 14.6 Å². The van der Waals surface area contributed by atoms with Crippen LogP contribution in [0.2, 0.25) is 0 Å². The van der Waals surface area contributed by atoms with E-state index in [1.54, 1.807) is 10.7 Å². The van der Waals surface area contributed by atoms with E-state index in [0.29, 0.717) is 23.4 Å². The van der Waals surface area contributed by atoms with E-state index >= 15 is 0 Å². The van der Waals surface area contributed by atoms with Crippen molar-refractivity contribution in [1.29, 1.82) is 0 Å². The molecule has 0 bridgehead atoms. The van der Waals surface area contributed by atoms with Crippen LogP contribution in [0.3, 0.4) is 0 Å². The normalized spacial score (nSPS) is 16.2. The first kappa shape index (κ1) is 15.6. The van der Waals surface area contributed by atoms with Gasteiger partial charge in [0.05, 0.1) is 23.4 Å². The summed E-state index contributed by atoms with van der Waals surface area (Å²) >= 11 is 0. The van der Waals surface area contributed by atoms with Crippen molar-refractivity contribution in [3.05, 3.63) is 53.4 Å². The van der Waals surface area contributed by atoms with Gasteiger partial charge in [0.1, 0.15) is 5.76 Å². The molecule has 0 fully saturated rings. The molecular formula is C18H16F2N4O. The average Bonchev–Trinajstić information content (AvgIpc) is 3.07. The SMILES string of the molecule is CCOC1=CC(C)c2c1cnc1c(-c3ccc(F)c(F)c3)c(N)nn21. The Morgan fingerprint density at radius 2 is 2.08 bits per heavy atom. The van der Waals surface area contributed by atoms with E-state index in [1.807, 2.05) is 19.9 Å². The molecule has 0 saturated carbocycles. The minimum absolute atomic E-state index is 0.0687. The molecule has 2 N–H and O–H groups in total. The quantitative estimate of drug-likeness (QED) is 0.787. The van der Waals surface area contributed by atoms with Crippen molar-refractivity contribution in [3.63, 3.8) is 0 Å². The predicted octanol–water partition coefficient (Wildman–Crippen LogP) is 3.75. The largest absolute Gasteiger partial charge is 0.493 e. The summed E-state index contributed by atoms with van der Waals surface area (Å²) in [4.78, 5) is 4.45. The Morgan fingerprint density at radius 3 is 2.80 bits per heavy atom. The van der Waals surface area contributed by atoms with Crippen LogP contribution < -0.4 is 5.73 Å². The summed E-state index contributed by atoms with van der Waals surface area (Å²) in [5.41, 5.74) is 9.26. The lowest BCUT2D eigenvalue weighted by molar-refractivity contribution is 0.298. The summed E-state index contributed by atoms with van der Waals surface area (Å²) < 4.78 is 34.2. The second kappa shape index (κ2) is 5.54. The van der Waals surface area contributed by atoms with Crippen LogP contribution >= 0.6 is 0 Å². The second-order valence-corrected chi connectivity index (χ2v) is 5.93.